The molecule has 2 amide bonds. The minimum Gasteiger partial charge on any atom is -0.507 e. The van der Waals surface area contributed by atoms with Crippen molar-refractivity contribution < 1.29 is 29.0 Å². The van der Waals surface area contributed by atoms with Gasteiger partial charge in [0.2, 0.25) is 11.8 Å². The third-order valence-corrected chi connectivity index (χ3v) is 6.12. The number of rotatable bonds is 14. The number of piperidine rings is 1. The molecule has 1 aromatic carbocycles. The van der Waals surface area contributed by atoms with E-state index in [2.05, 4.69) is 31.4 Å². The molecule has 0 bridgehead atoms. The first-order valence-corrected chi connectivity index (χ1v) is 13.9. The van der Waals surface area contributed by atoms with Crippen LogP contribution in [0.2, 0.25) is 0 Å². The van der Waals surface area contributed by atoms with E-state index in [1.165, 1.54) is 19.1 Å². The zero-order valence-corrected chi connectivity index (χ0v) is 24.2. The highest BCUT2D eigenvalue weighted by molar-refractivity contribution is 5.98. The minimum atomic E-state index is -0.239. The molecule has 1 saturated heterocycles. The predicted octanol–water partition coefficient (Wildman–Crippen LogP) is 4.39. The molecule has 1 aliphatic rings. The molecule has 216 valence electrons. The number of carbonyl (C=O) groups excluding carboxylic acids is 3. The highest BCUT2D eigenvalue weighted by atomic mass is 16.5. The van der Waals surface area contributed by atoms with Gasteiger partial charge in [0.1, 0.15) is 5.75 Å². The van der Waals surface area contributed by atoms with Gasteiger partial charge in [0.15, 0.2) is 5.78 Å². The van der Waals surface area contributed by atoms with Gasteiger partial charge in [-0.25, -0.2) is 0 Å². The van der Waals surface area contributed by atoms with Crippen LogP contribution in [0.25, 0.3) is 0 Å². The molecule has 1 aliphatic heterocycles. The van der Waals surface area contributed by atoms with E-state index in [4.69, 9.17) is 9.47 Å². The number of hydrogen-bond donors (Lipinski definition) is 3. The van der Waals surface area contributed by atoms with Crippen molar-refractivity contribution in [3.63, 3.8) is 0 Å². The van der Waals surface area contributed by atoms with Gasteiger partial charge in [-0.2, -0.15) is 0 Å². The first-order chi connectivity index (χ1) is 18.0. The molecule has 1 aromatic rings. The molecule has 9 nitrogen and oxygen atoms in total. The molecule has 0 spiro atoms. The number of nitrogens with one attached hydrogen (secondary N) is 2. The maximum absolute atomic E-state index is 12.4. The van der Waals surface area contributed by atoms with Gasteiger partial charge in [0, 0.05) is 43.9 Å². The van der Waals surface area contributed by atoms with Gasteiger partial charge >= 0.3 is 0 Å². The molecule has 3 N–H and O–H groups in total. The second kappa shape index (κ2) is 17.9. The largest absolute Gasteiger partial charge is 0.507 e. The number of likely N-dealkylation sites (tertiary alicyclic amines) is 1. The van der Waals surface area contributed by atoms with E-state index in [1.54, 1.807) is 6.07 Å². The summed E-state index contributed by atoms with van der Waals surface area (Å²) in [6, 6.07) is 4.83. The first kappa shape index (κ1) is 33.5. The zero-order valence-electron chi connectivity index (χ0n) is 24.2. The van der Waals surface area contributed by atoms with Gasteiger partial charge in [-0.1, -0.05) is 34.6 Å². The van der Waals surface area contributed by atoms with Crippen LogP contribution >= 0.6 is 0 Å². The zero-order chi connectivity index (χ0) is 28.6. The van der Waals surface area contributed by atoms with E-state index >= 15 is 0 Å². The number of hydrogen-bond acceptors (Lipinski definition) is 7. The summed E-state index contributed by atoms with van der Waals surface area (Å²) in [7, 11) is 0. The van der Waals surface area contributed by atoms with E-state index < -0.39 is 0 Å². The van der Waals surface area contributed by atoms with Crippen LogP contribution in [0.5, 0.6) is 5.75 Å². The van der Waals surface area contributed by atoms with E-state index in [-0.39, 0.29) is 47.4 Å². The van der Waals surface area contributed by atoms with Crippen molar-refractivity contribution in [2.75, 3.05) is 51.4 Å². The number of aromatic hydroxyl groups is 1. The Balaban J connectivity index is 0.00000352. The maximum atomic E-state index is 12.4. The Morgan fingerprint density at radius 3 is 2.21 bits per heavy atom. The average molecular weight is 536 g/mol. The summed E-state index contributed by atoms with van der Waals surface area (Å²) >= 11 is 0. The van der Waals surface area contributed by atoms with E-state index in [0.29, 0.717) is 38.0 Å². The van der Waals surface area contributed by atoms with Gasteiger partial charge in [-0.3, -0.25) is 14.4 Å². The lowest BCUT2D eigenvalue weighted by Crippen LogP contribution is -2.45. The third kappa shape index (κ3) is 13.9. The Bertz CT molecular complexity index is 860. The summed E-state index contributed by atoms with van der Waals surface area (Å²) in [6.07, 6.45) is 3.65. The quantitative estimate of drug-likeness (QED) is 0.239. The number of Topliss-reactive ketones (excluding diaryl/α,β-unsaturated/α-hetero) is 1. The molecule has 0 radical (unpaired) electrons. The van der Waals surface area contributed by atoms with Crippen LogP contribution in [0.4, 0.5) is 5.69 Å². The maximum Gasteiger partial charge on any atom is 0.226 e. The smallest absolute Gasteiger partial charge is 0.226 e. The van der Waals surface area contributed by atoms with Gasteiger partial charge in [-0.15, -0.1) is 0 Å². The summed E-state index contributed by atoms with van der Waals surface area (Å²) in [5, 5.41) is 16.0. The molecule has 1 fully saturated rings. The molecule has 2 rings (SSSR count). The monoisotopic (exact) mass is 535 g/mol. The topological polar surface area (TPSA) is 117 Å². The molecule has 0 unspecified atom stereocenters. The van der Waals surface area contributed by atoms with Crippen LogP contribution < -0.4 is 10.6 Å². The van der Waals surface area contributed by atoms with Crippen molar-refractivity contribution in [1.82, 2.24) is 10.2 Å². The second-order valence-corrected chi connectivity index (χ2v) is 10.5. The van der Waals surface area contributed by atoms with Crippen LogP contribution in [0, 0.1) is 5.41 Å². The molecule has 0 atom stereocenters. The predicted molar refractivity (Wildman–Crippen MR) is 151 cm³/mol. The number of nitrogens with zero attached hydrogens (tertiary/aromatic N) is 1. The Morgan fingerprint density at radius 1 is 1.00 bits per heavy atom. The first-order valence-electron chi connectivity index (χ1n) is 13.9. The summed E-state index contributed by atoms with van der Waals surface area (Å²) in [5.74, 6) is -0.364. The second-order valence-electron chi connectivity index (χ2n) is 10.5. The Morgan fingerprint density at radius 2 is 1.63 bits per heavy atom. The highest BCUT2D eigenvalue weighted by Gasteiger charge is 2.23. The van der Waals surface area contributed by atoms with Crippen molar-refractivity contribution in [1.29, 1.82) is 0 Å². The minimum absolute atomic E-state index is 0.157. The van der Waals surface area contributed by atoms with E-state index in [0.717, 1.165) is 38.9 Å². The number of ether oxygens (including phenoxy) is 2. The Kier molecular flexibility index (Phi) is 15.8. The third-order valence-electron chi connectivity index (χ3n) is 6.12. The van der Waals surface area contributed by atoms with Crippen LogP contribution in [0.3, 0.4) is 0 Å². The molecule has 9 heteroatoms. The van der Waals surface area contributed by atoms with E-state index in [9.17, 15) is 19.5 Å². The number of phenols is 1. The van der Waals surface area contributed by atoms with Crippen LogP contribution in [-0.4, -0.2) is 79.7 Å². The normalized spacial score (nSPS) is 14.0. The van der Waals surface area contributed by atoms with Crippen molar-refractivity contribution in [3.05, 3.63) is 23.8 Å². The number of anilines is 1. The van der Waals surface area contributed by atoms with Gasteiger partial charge in [0.25, 0.3) is 0 Å². The highest BCUT2D eigenvalue weighted by Crippen LogP contribution is 2.23. The number of amides is 2. The van der Waals surface area contributed by atoms with Crippen LogP contribution in [0.1, 0.15) is 84.0 Å². The van der Waals surface area contributed by atoms with Gasteiger partial charge in [-0.05, 0) is 43.7 Å². The van der Waals surface area contributed by atoms with Crippen molar-refractivity contribution >= 4 is 23.3 Å². The van der Waals surface area contributed by atoms with Crippen LogP contribution in [0.15, 0.2) is 18.2 Å². The van der Waals surface area contributed by atoms with Gasteiger partial charge < -0.3 is 30.1 Å². The Labute approximate surface area is 228 Å². The fraction of sp³-hybridized carbons (Fsp3) is 0.690. The summed E-state index contributed by atoms with van der Waals surface area (Å²) in [6.45, 7) is 15.9. The molecule has 0 saturated carbocycles. The molecule has 1 heterocycles. The van der Waals surface area contributed by atoms with Crippen molar-refractivity contribution in [2.24, 2.45) is 5.41 Å². The van der Waals surface area contributed by atoms with Gasteiger partial charge in [0.05, 0.1) is 38.4 Å². The standard InChI is InChI=1S/C27H43N3O6.C2H6/c1-20(31)23-6-5-22(19-24(23)32)29-25(33)10-15-35-17-18-36-16-12-28-21-8-13-30(14-9-21)26(34)7-11-27(2,3)4;1-2/h5-6,19,21,28,32H,7-18H2,1-4H3,(H,29,33);1-2H3. The summed E-state index contributed by atoms with van der Waals surface area (Å²) < 4.78 is 11.0. The lowest BCUT2D eigenvalue weighted by molar-refractivity contribution is -0.132. The SMILES string of the molecule is CC.CC(=O)c1ccc(NC(=O)CCOCCOCCNC2CCN(C(=O)CCC(C)(C)C)CC2)cc1O. The van der Waals surface area contributed by atoms with E-state index in [1.807, 2.05) is 18.7 Å². The molecular formula is C29H49N3O6. The van der Waals surface area contributed by atoms with Crippen LogP contribution in [-0.2, 0) is 19.1 Å². The summed E-state index contributed by atoms with van der Waals surface area (Å²) in [4.78, 5) is 37.7. The van der Waals surface area contributed by atoms with Crippen molar-refractivity contribution in [3.8, 4) is 5.75 Å². The number of benzene rings is 1. The fourth-order valence-electron chi connectivity index (χ4n) is 3.93. The fourth-order valence-corrected chi connectivity index (χ4v) is 3.93. The molecule has 0 aromatic heterocycles. The molecule has 0 aliphatic carbocycles. The summed E-state index contributed by atoms with van der Waals surface area (Å²) in [5.41, 5.74) is 0.832. The molecular weight excluding hydrogens is 486 g/mol. The molecule has 38 heavy (non-hydrogen) atoms. The Hall–Kier alpha value is -2.49. The lowest BCUT2D eigenvalue weighted by Gasteiger charge is -2.33. The number of ketones is 1. The average Bonchev–Trinajstić information content (AvgIpc) is 2.87. The number of carbonyl (C=O) groups is 3. The lowest BCUT2D eigenvalue weighted by atomic mass is 9.90. The van der Waals surface area contributed by atoms with Crippen molar-refractivity contribution in [2.45, 2.75) is 79.7 Å². The number of phenolic OH excluding ortho intramolecular Hbond substituents is 1.